The zero-order valence-corrected chi connectivity index (χ0v) is 17.3. The van der Waals surface area contributed by atoms with Crippen molar-refractivity contribution in [3.05, 3.63) is 54.1 Å². The summed E-state index contributed by atoms with van der Waals surface area (Å²) in [6, 6.07) is 14.5. The number of rotatable bonds is 5. The second kappa shape index (κ2) is 10.2. The lowest BCUT2D eigenvalue weighted by atomic mass is 9.87. The average Bonchev–Trinajstić information content (AvgIpc) is 2.64. The quantitative estimate of drug-likeness (QED) is 0.668. The van der Waals surface area contributed by atoms with Gasteiger partial charge in [-0.2, -0.15) is 0 Å². The molecule has 2 aromatic rings. The van der Waals surface area contributed by atoms with Crippen molar-refractivity contribution in [2.45, 2.75) is 33.1 Å². The summed E-state index contributed by atoms with van der Waals surface area (Å²) in [7, 11) is 0. The monoisotopic (exact) mass is 393 g/mol. The molecule has 0 unspecified atom stereocenters. The Bertz CT molecular complexity index is 903. The van der Waals surface area contributed by atoms with E-state index in [9.17, 15) is 9.59 Å². The summed E-state index contributed by atoms with van der Waals surface area (Å²) in [5.74, 6) is 6.13. The smallest absolute Gasteiger partial charge is 0.319 e. The Labute approximate surface area is 172 Å². The molecule has 0 heterocycles. The van der Waals surface area contributed by atoms with Gasteiger partial charge in [-0.15, -0.1) is 0 Å². The Morgan fingerprint density at radius 1 is 0.966 bits per heavy atom. The van der Waals surface area contributed by atoms with Crippen molar-refractivity contribution in [2.75, 3.05) is 23.8 Å². The second-order valence-electron chi connectivity index (χ2n) is 7.49. The highest BCUT2D eigenvalue weighted by Crippen LogP contribution is 2.23. The second-order valence-corrected chi connectivity index (χ2v) is 7.49. The van der Waals surface area contributed by atoms with Gasteiger partial charge in [-0.25, -0.2) is 4.79 Å². The maximum Gasteiger partial charge on any atom is 0.319 e. The van der Waals surface area contributed by atoms with Gasteiger partial charge >= 0.3 is 6.03 Å². The number of hydrogen-bond donors (Lipinski definition) is 3. The zero-order chi connectivity index (χ0) is 21.3. The highest BCUT2D eigenvalue weighted by atomic mass is 16.5. The Morgan fingerprint density at radius 2 is 1.69 bits per heavy atom. The minimum absolute atomic E-state index is 0.0731. The Balaban J connectivity index is 1.72. The summed E-state index contributed by atoms with van der Waals surface area (Å²) in [6.07, 6.45) is 0. The first-order valence-electron chi connectivity index (χ1n) is 9.35. The summed E-state index contributed by atoms with van der Waals surface area (Å²) >= 11 is 0. The first-order chi connectivity index (χ1) is 13.7. The molecule has 0 aromatic heterocycles. The molecule has 0 saturated carbocycles. The zero-order valence-electron chi connectivity index (χ0n) is 17.3. The lowest BCUT2D eigenvalue weighted by Gasteiger charge is -2.19. The van der Waals surface area contributed by atoms with E-state index in [-0.39, 0.29) is 30.5 Å². The van der Waals surface area contributed by atoms with E-state index in [0.717, 1.165) is 5.69 Å². The third-order valence-corrected chi connectivity index (χ3v) is 3.94. The van der Waals surface area contributed by atoms with Crippen LogP contribution in [-0.2, 0) is 10.2 Å². The molecule has 152 valence electrons. The van der Waals surface area contributed by atoms with Gasteiger partial charge in [-0.05, 0) is 35.2 Å². The number of hydrogen-bond acceptors (Lipinski definition) is 3. The van der Waals surface area contributed by atoms with Gasteiger partial charge in [0.2, 0.25) is 5.91 Å². The van der Waals surface area contributed by atoms with E-state index in [4.69, 9.17) is 4.74 Å². The number of carbonyl (C=O) groups is 2. The van der Waals surface area contributed by atoms with Gasteiger partial charge in [0.05, 0.1) is 6.54 Å². The fourth-order valence-corrected chi connectivity index (χ4v) is 2.45. The van der Waals surface area contributed by atoms with Gasteiger partial charge in [0, 0.05) is 24.4 Å². The van der Waals surface area contributed by atoms with Gasteiger partial charge in [0.25, 0.3) is 0 Å². The number of anilines is 2. The molecular formula is C23H27N3O3. The summed E-state index contributed by atoms with van der Waals surface area (Å²) in [5.41, 5.74) is 2.67. The predicted molar refractivity (Wildman–Crippen MR) is 116 cm³/mol. The maximum absolute atomic E-state index is 11.9. The molecule has 0 aliphatic carbocycles. The normalized spacial score (nSPS) is 10.3. The fourth-order valence-electron chi connectivity index (χ4n) is 2.45. The predicted octanol–water partition coefficient (Wildman–Crippen LogP) is 4.15. The molecule has 2 rings (SSSR count). The van der Waals surface area contributed by atoms with Crippen LogP contribution in [-0.4, -0.2) is 25.1 Å². The van der Waals surface area contributed by atoms with Crippen LogP contribution in [0, 0.1) is 11.8 Å². The average molecular weight is 393 g/mol. The van der Waals surface area contributed by atoms with Crippen LogP contribution < -0.4 is 20.7 Å². The van der Waals surface area contributed by atoms with E-state index in [1.54, 1.807) is 24.3 Å². The largest absolute Gasteiger partial charge is 0.481 e. The molecule has 0 aliphatic rings. The van der Waals surface area contributed by atoms with Gasteiger partial charge in [0.1, 0.15) is 12.4 Å². The number of urea groups is 1. The first kappa shape index (κ1) is 21.8. The molecule has 29 heavy (non-hydrogen) atoms. The van der Waals surface area contributed by atoms with Crippen molar-refractivity contribution in [3.8, 4) is 17.6 Å². The molecule has 0 spiro atoms. The van der Waals surface area contributed by atoms with Crippen molar-refractivity contribution in [1.29, 1.82) is 0 Å². The summed E-state index contributed by atoms with van der Waals surface area (Å²) in [5, 5.41) is 8.14. The van der Waals surface area contributed by atoms with Crippen molar-refractivity contribution in [2.24, 2.45) is 0 Å². The maximum atomic E-state index is 11.9. The van der Waals surface area contributed by atoms with Gasteiger partial charge in [0.15, 0.2) is 0 Å². The van der Waals surface area contributed by atoms with Crippen LogP contribution in [0.3, 0.4) is 0 Å². The molecule has 0 bridgehead atoms. The van der Waals surface area contributed by atoms with Crippen LogP contribution in [0.4, 0.5) is 16.2 Å². The van der Waals surface area contributed by atoms with E-state index in [1.165, 1.54) is 12.5 Å². The molecule has 0 atom stereocenters. The van der Waals surface area contributed by atoms with Crippen molar-refractivity contribution in [1.82, 2.24) is 5.32 Å². The standard InChI is InChI=1S/C23H27N3O3/c1-17(27)25-20-8-7-9-21(16-20)29-15-6-5-14-24-22(28)26-19-12-10-18(11-13-19)23(2,3)4/h7-13,16H,14-15H2,1-4H3,(H,25,27)(H2,24,26,28). The van der Waals surface area contributed by atoms with Gasteiger partial charge in [-0.3, -0.25) is 4.79 Å². The number of amides is 3. The fraction of sp³-hybridized carbons (Fsp3) is 0.304. The van der Waals surface area contributed by atoms with Crippen molar-refractivity contribution >= 4 is 23.3 Å². The molecule has 0 aliphatic heterocycles. The van der Waals surface area contributed by atoms with Crippen LogP contribution in [0.25, 0.3) is 0 Å². The molecule has 3 N–H and O–H groups in total. The van der Waals surface area contributed by atoms with E-state index in [0.29, 0.717) is 11.4 Å². The van der Waals surface area contributed by atoms with E-state index < -0.39 is 0 Å². The minimum atomic E-state index is -0.313. The van der Waals surface area contributed by atoms with Crippen LogP contribution in [0.5, 0.6) is 5.75 Å². The van der Waals surface area contributed by atoms with E-state index in [2.05, 4.69) is 48.6 Å². The van der Waals surface area contributed by atoms with Crippen LogP contribution in [0.15, 0.2) is 48.5 Å². The van der Waals surface area contributed by atoms with Crippen LogP contribution in [0.2, 0.25) is 0 Å². The molecular weight excluding hydrogens is 366 g/mol. The number of nitrogens with one attached hydrogen (secondary N) is 3. The number of ether oxygens (including phenoxy) is 1. The van der Waals surface area contributed by atoms with E-state index >= 15 is 0 Å². The van der Waals surface area contributed by atoms with E-state index in [1.807, 2.05) is 24.3 Å². The van der Waals surface area contributed by atoms with Gasteiger partial charge < -0.3 is 20.7 Å². The highest BCUT2D eigenvalue weighted by molar-refractivity contribution is 5.89. The first-order valence-corrected chi connectivity index (χ1v) is 9.35. The molecule has 6 nitrogen and oxygen atoms in total. The third-order valence-electron chi connectivity index (χ3n) is 3.94. The SMILES string of the molecule is CC(=O)Nc1cccc(OCC#CCNC(=O)Nc2ccc(C(C)(C)C)cc2)c1. The van der Waals surface area contributed by atoms with Crippen molar-refractivity contribution in [3.63, 3.8) is 0 Å². The molecule has 3 amide bonds. The van der Waals surface area contributed by atoms with Crippen LogP contribution >= 0.6 is 0 Å². The number of carbonyl (C=O) groups excluding carboxylic acids is 2. The summed E-state index contributed by atoms with van der Waals surface area (Å²) < 4.78 is 5.52. The Kier molecular flexibility index (Phi) is 7.67. The third kappa shape index (κ3) is 7.97. The van der Waals surface area contributed by atoms with Crippen molar-refractivity contribution < 1.29 is 14.3 Å². The molecule has 0 fully saturated rings. The molecule has 6 heteroatoms. The molecule has 0 radical (unpaired) electrons. The summed E-state index contributed by atoms with van der Waals surface area (Å²) in [6.45, 7) is 8.27. The highest BCUT2D eigenvalue weighted by Gasteiger charge is 2.13. The Morgan fingerprint density at radius 3 is 2.34 bits per heavy atom. The summed E-state index contributed by atoms with van der Waals surface area (Å²) in [4.78, 5) is 23.0. The van der Waals surface area contributed by atoms with Gasteiger partial charge in [-0.1, -0.05) is 50.8 Å². The lowest BCUT2D eigenvalue weighted by molar-refractivity contribution is -0.114. The molecule has 2 aromatic carbocycles. The Hall–Kier alpha value is -3.46. The van der Waals surface area contributed by atoms with Crippen LogP contribution in [0.1, 0.15) is 33.3 Å². The lowest BCUT2D eigenvalue weighted by Crippen LogP contribution is -2.29. The number of benzene rings is 2. The molecule has 0 saturated heterocycles. The minimum Gasteiger partial charge on any atom is -0.481 e. The topological polar surface area (TPSA) is 79.5 Å².